The lowest BCUT2D eigenvalue weighted by molar-refractivity contribution is -0.931. The minimum atomic E-state index is -0.183. The highest BCUT2D eigenvalue weighted by atomic mass is 16.1. The van der Waals surface area contributed by atoms with Crippen molar-refractivity contribution in [1.29, 1.82) is 0 Å². The van der Waals surface area contributed by atoms with Crippen LogP contribution in [0.25, 0.3) is 0 Å². The van der Waals surface area contributed by atoms with E-state index in [0.717, 1.165) is 38.2 Å². The Morgan fingerprint density at radius 2 is 1.93 bits per heavy atom. The first-order chi connectivity index (χ1) is 12.8. The van der Waals surface area contributed by atoms with Crippen molar-refractivity contribution in [3.63, 3.8) is 0 Å². The molecule has 3 rings (SSSR count). The number of primary amides is 1. The third-order valence-electron chi connectivity index (χ3n) is 6.04. The molecule has 1 amide bonds. The minimum absolute atomic E-state index is 0.0181. The van der Waals surface area contributed by atoms with Gasteiger partial charge in [-0.2, -0.15) is 0 Å². The van der Waals surface area contributed by atoms with Gasteiger partial charge in [0.15, 0.2) is 6.04 Å². The Hall–Kier alpha value is -2.28. The molecule has 1 atom stereocenters. The molecule has 0 bridgehead atoms. The van der Waals surface area contributed by atoms with Crippen LogP contribution in [0.2, 0.25) is 0 Å². The quantitative estimate of drug-likeness (QED) is 0.792. The SMILES string of the molecule is CCC(C)(C)n1nnnc1[C@H](c1ccc(C)cc1)[NH+]1CCC(C(N)=O)CC1. The lowest BCUT2D eigenvalue weighted by Gasteiger charge is -2.35. The van der Waals surface area contributed by atoms with Gasteiger partial charge >= 0.3 is 0 Å². The summed E-state index contributed by atoms with van der Waals surface area (Å²) in [5.74, 6) is 0.687. The van der Waals surface area contributed by atoms with Crippen LogP contribution in [-0.2, 0) is 10.3 Å². The van der Waals surface area contributed by atoms with Gasteiger partial charge < -0.3 is 10.6 Å². The Morgan fingerprint density at radius 3 is 2.48 bits per heavy atom. The summed E-state index contributed by atoms with van der Waals surface area (Å²) >= 11 is 0. The van der Waals surface area contributed by atoms with E-state index in [1.807, 2.05) is 4.68 Å². The highest BCUT2D eigenvalue weighted by Gasteiger charge is 2.38. The number of piperidine rings is 1. The number of carbonyl (C=O) groups is 1. The summed E-state index contributed by atoms with van der Waals surface area (Å²) in [5, 5.41) is 12.8. The minimum Gasteiger partial charge on any atom is -0.369 e. The van der Waals surface area contributed by atoms with Crippen LogP contribution in [0, 0.1) is 12.8 Å². The highest BCUT2D eigenvalue weighted by molar-refractivity contribution is 5.76. The Kier molecular flexibility index (Phi) is 5.60. The Morgan fingerprint density at radius 1 is 1.30 bits per heavy atom. The third-order valence-corrected chi connectivity index (χ3v) is 6.04. The second kappa shape index (κ2) is 7.76. The molecule has 0 spiro atoms. The lowest BCUT2D eigenvalue weighted by atomic mass is 9.92. The fourth-order valence-electron chi connectivity index (χ4n) is 3.84. The number of amides is 1. The summed E-state index contributed by atoms with van der Waals surface area (Å²) in [7, 11) is 0. The number of nitrogens with zero attached hydrogens (tertiary/aromatic N) is 4. The van der Waals surface area contributed by atoms with Crippen molar-refractivity contribution in [2.24, 2.45) is 11.7 Å². The molecule has 27 heavy (non-hydrogen) atoms. The fraction of sp³-hybridized carbons (Fsp3) is 0.600. The topological polar surface area (TPSA) is 91.1 Å². The number of nitrogens with two attached hydrogens (primary N) is 1. The van der Waals surface area contributed by atoms with E-state index in [0.29, 0.717) is 0 Å². The number of likely N-dealkylation sites (tertiary alicyclic amines) is 1. The van der Waals surface area contributed by atoms with E-state index in [2.05, 4.69) is 67.5 Å². The van der Waals surface area contributed by atoms with Crippen molar-refractivity contribution >= 4 is 5.91 Å². The van der Waals surface area contributed by atoms with Gasteiger partial charge in [0.25, 0.3) is 0 Å². The average Bonchev–Trinajstić information content (AvgIpc) is 3.14. The molecular formula is C20H31N6O+. The van der Waals surface area contributed by atoms with Gasteiger partial charge in [-0.1, -0.05) is 36.8 Å². The lowest BCUT2D eigenvalue weighted by Crippen LogP contribution is -3.13. The van der Waals surface area contributed by atoms with Gasteiger partial charge in [-0.25, -0.2) is 4.68 Å². The number of rotatable bonds is 6. The summed E-state index contributed by atoms with van der Waals surface area (Å²) < 4.78 is 1.98. The van der Waals surface area contributed by atoms with Crippen molar-refractivity contribution in [2.75, 3.05) is 13.1 Å². The van der Waals surface area contributed by atoms with E-state index >= 15 is 0 Å². The number of aromatic nitrogens is 4. The number of tetrazole rings is 1. The molecule has 0 aliphatic carbocycles. The van der Waals surface area contributed by atoms with Crippen LogP contribution in [0.1, 0.15) is 63.0 Å². The zero-order valence-corrected chi connectivity index (χ0v) is 16.8. The largest absolute Gasteiger partial charge is 0.369 e. The molecule has 1 aliphatic rings. The number of aryl methyl sites for hydroxylation is 1. The van der Waals surface area contributed by atoms with Gasteiger partial charge in [0, 0.05) is 24.3 Å². The van der Waals surface area contributed by atoms with Crippen LogP contribution in [0.3, 0.4) is 0 Å². The smallest absolute Gasteiger partial charge is 0.220 e. The average molecular weight is 372 g/mol. The molecule has 1 saturated heterocycles. The number of hydrogen-bond donors (Lipinski definition) is 2. The normalized spacial score (nSPS) is 21.8. The molecule has 0 radical (unpaired) electrons. The van der Waals surface area contributed by atoms with E-state index < -0.39 is 0 Å². The molecule has 1 aromatic heterocycles. The van der Waals surface area contributed by atoms with Gasteiger partial charge in [-0.15, -0.1) is 5.10 Å². The van der Waals surface area contributed by atoms with Crippen molar-refractivity contribution < 1.29 is 9.69 Å². The van der Waals surface area contributed by atoms with E-state index in [1.165, 1.54) is 16.0 Å². The van der Waals surface area contributed by atoms with E-state index in [-0.39, 0.29) is 23.4 Å². The van der Waals surface area contributed by atoms with E-state index in [4.69, 9.17) is 5.73 Å². The standard InChI is InChI=1S/C20H30N6O/c1-5-20(3,4)26-19(22-23-24-26)17(15-8-6-14(2)7-9-15)25-12-10-16(11-13-25)18(21)27/h6-9,16-17H,5,10-13H2,1-4H3,(H2,21,27)/p+1/t17-/m0/s1. The Bertz CT molecular complexity index is 774. The number of benzene rings is 1. The van der Waals surface area contributed by atoms with Crippen LogP contribution in [0.15, 0.2) is 24.3 Å². The molecular weight excluding hydrogens is 340 g/mol. The summed E-state index contributed by atoms with van der Waals surface area (Å²) in [6.07, 6.45) is 2.56. The molecule has 1 aromatic carbocycles. The van der Waals surface area contributed by atoms with Crippen LogP contribution in [0.5, 0.6) is 0 Å². The van der Waals surface area contributed by atoms with E-state index in [1.54, 1.807) is 0 Å². The zero-order chi connectivity index (χ0) is 19.6. The fourth-order valence-corrected chi connectivity index (χ4v) is 3.84. The molecule has 0 saturated carbocycles. The number of hydrogen-bond acceptors (Lipinski definition) is 4. The second-order valence-corrected chi connectivity index (χ2v) is 8.29. The van der Waals surface area contributed by atoms with Crippen LogP contribution in [-0.4, -0.2) is 39.2 Å². The Labute approximate surface area is 160 Å². The summed E-state index contributed by atoms with van der Waals surface area (Å²) in [6, 6.07) is 8.66. The maximum Gasteiger partial charge on any atom is 0.220 e. The Balaban J connectivity index is 1.99. The zero-order valence-electron chi connectivity index (χ0n) is 16.8. The van der Waals surface area contributed by atoms with Crippen LogP contribution >= 0.6 is 0 Å². The van der Waals surface area contributed by atoms with Gasteiger partial charge in [0.05, 0.1) is 18.6 Å². The first-order valence-electron chi connectivity index (χ1n) is 9.82. The summed E-state index contributed by atoms with van der Waals surface area (Å²) in [5.41, 5.74) is 7.80. The molecule has 7 nitrogen and oxygen atoms in total. The predicted octanol–water partition coefficient (Wildman–Crippen LogP) is 0.996. The monoisotopic (exact) mass is 371 g/mol. The molecule has 7 heteroatoms. The van der Waals surface area contributed by atoms with Crippen molar-refractivity contribution in [3.8, 4) is 0 Å². The van der Waals surface area contributed by atoms with Crippen molar-refractivity contribution in [1.82, 2.24) is 20.2 Å². The second-order valence-electron chi connectivity index (χ2n) is 8.29. The molecule has 2 aromatic rings. The number of quaternary nitrogens is 1. The maximum absolute atomic E-state index is 11.6. The third kappa shape index (κ3) is 4.03. The number of carbonyl (C=O) groups excluding carboxylic acids is 1. The van der Waals surface area contributed by atoms with Crippen LogP contribution < -0.4 is 10.6 Å². The molecule has 0 unspecified atom stereocenters. The summed E-state index contributed by atoms with van der Waals surface area (Å²) in [4.78, 5) is 13.0. The van der Waals surface area contributed by atoms with Gasteiger partial charge in [-0.05, 0) is 37.6 Å². The molecule has 1 fully saturated rings. The molecule has 2 heterocycles. The van der Waals surface area contributed by atoms with E-state index in [9.17, 15) is 4.79 Å². The van der Waals surface area contributed by atoms with Crippen LogP contribution in [0.4, 0.5) is 0 Å². The first kappa shape index (κ1) is 19.5. The molecule has 3 N–H and O–H groups in total. The summed E-state index contributed by atoms with van der Waals surface area (Å²) in [6.45, 7) is 10.3. The van der Waals surface area contributed by atoms with Gasteiger partial charge in [-0.3, -0.25) is 4.79 Å². The predicted molar refractivity (Wildman–Crippen MR) is 103 cm³/mol. The van der Waals surface area contributed by atoms with Crippen molar-refractivity contribution in [3.05, 3.63) is 41.2 Å². The molecule has 1 aliphatic heterocycles. The van der Waals surface area contributed by atoms with Gasteiger partial charge in [0.1, 0.15) is 0 Å². The highest BCUT2D eigenvalue weighted by Crippen LogP contribution is 2.25. The van der Waals surface area contributed by atoms with Gasteiger partial charge in [0.2, 0.25) is 11.7 Å². The maximum atomic E-state index is 11.6. The molecule has 146 valence electrons. The first-order valence-corrected chi connectivity index (χ1v) is 9.82. The van der Waals surface area contributed by atoms with Crippen molar-refractivity contribution in [2.45, 2.75) is 58.5 Å². The number of nitrogens with one attached hydrogen (secondary N) is 1.